The van der Waals surface area contributed by atoms with Crippen LogP contribution in [0, 0.1) is 19.7 Å². The van der Waals surface area contributed by atoms with Crippen molar-refractivity contribution >= 4 is 5.69 Å². The van der Waals surface area contributed by atoms with Crippen LogP contribution >= 0.6 is 0 Å². The van der Waals surface area contributed by atoms with Crippen molar-refractivity contribution in [1.29, 1.82) is 0 Å². The van der Waals surface area contributed by atoms with Crippen molar-refractivity contribution in [3.63, 3.8) is 0 Å². The predicted octanol–water partition coefficient (Wildman–Crippen LogP) is 3.55. The first kappa shape index (κ1) is 13.6. The van der Waals surface area contributed by atoms with Crippen LogP contribution in [0.25, 0.3) is 0 Å². The average Bonchev–Trinajstić information content (AvgIpc) is 2.36. The fourth-order valence-electron chi connectivity index (χ4n) is 2.23. The molecule has 0 saturated heterocycles. The van der Waals surface area contributed by atoms with E-state index in [9.17, 15) is 4.39 Å². The van der Waals surface area contributed by atoms with Gasteiger partial charge in [0.1, 0.15) is 5.82 Å². The van der Waals surface area contributed by atoms with Crippen molar-refractivity contribution in [3.05, 3.63) is 65.0 Å². The second-order valence-corrected chi connectivity index (χ2v) is 4.86. The first-order chi connectivity index (χ1) is 9.08. The molecular formula is C16H19FN2. The summed E-state index contributed by atoms with van der Waals surface area (Å²) in [7, 11) is 0. The molecule has 0 spiro atoms. The number of benzene rings is 2. The third-order valence-corrected chi connectivity index (χ3v) is 3.07. The van der Waals surface area contributed by atoms with Crippen LogP contribution in [0.5, 0.6) is 0 Å². The summed E-state index contributed by atoms with van der Waals surface area (Å²) >= 11 is 0. The summed E-state index contributed by atoms with van der Waals surface area (Å²) in [5.74, 6) is -0.231. The number of aryl methyl sites for hydroxylation is 2. The van der Waals surface area contributed by atoms with E-state index in [-0.39, 0.29) is 11.9 Å². The molecule has 100 valence electrons. The summed E-state index contributed by atoms with van der Waals surface area (Å²) in [6.45, 7) is 4.58. The molecule has 0 bridgehead atoms. The van der Waals surface area contributed by atoms with Gasteiger partial charge in [0, 0.05) is 12.2 Å². The van der Waals surface area contributed by atoms with Crippen LogP contribution in [0.1, 0.15) is 22.7 Å². The fourth-order valence-corrected chi connectivity index (χ4v) is 2.23. The Morgan fingerprint density at radius 3 is 2.16 bits per heavy atom. The van der Waals surface area contributed by atoms with Gasteiger partial charge in [-0.15, -0.1) is 0 Å². The summed E-state index contributed by atoms with van der Waals surface area (Å²) in [4.78, 5) is 0. The Bertz CT molecular complexity index is 529. The smallest absolute Gasteiger partial charge is 0.123 e. The minimum Gasteiger partial charge on any atom is -0.377 e. The largest absolute Gasteiger partial charge is 0.377 e. The van der Waals surface area contributed by atoms with E-state index in [2.05, 4.69) is 37.4 Å². The highest BCUT2D eigenvalue weighted by molar-refractivity contribution is 5.50. The van der Waals surface area contributed by atoms with Gasteiger partial charge in [0.05, 0.1) is 6.04 Å². The Labute approximate surface area is 113 Å². The van der Waals surface area contributed by atoms with Crippen LogP contribution in [0.2, 0.25) is 0 Å². The summed E-state index contributed by atoms with van der Waals surface area (Å²) < 4.78 is 12.9. The second-order valence-electron chi connectivity index (χ2n) is 4.86. The Hall–Kier alpha value is -1.87. The molecule has 0 amide bonds. The van der Waals surface area contributed by atoms with Crippen LogP contribution in [0.15, 0.2) is 42.5 Å². The van der Waals surface area contributed by atoms with Crippen LogP contribution in [0.4, 0.5) is 10.1 Å². The Kier molecular flexibility index (Phi) is 4.17. The van der Waals surface area contributed by atoms with Crippen molar-refractivity contribution in [1.82, 2.24) is 0 Å². The highest BCUT2D eigenvalue weighted by atomic mass is 19.1. The van der Waals surface area contributed by atoms with Crippen LogP contribution in [-0.4, -0.2) is 6.54 Å². The summed E-state index contributed by atoms with van der Waals surface area (Å²) in [6, 6.07) is 12.7. The van der Waals surface area contributed by atoms with Crippen LogP contribution in [0.3, 0.4) is 0 Å². The van der Waals surface area contributed by atoms with Gasteiger partial charge in [0.15, 0.2) is 0 Å². The maximum absolute atomic E-state index is 12.9. The van der Waals surface area contributed by atoms with E-state index in [4.69, 9.17) is 5.73 Å². The van der Waals surface area contributed by atoms with Crippen molar-refractivity contribution in [2.45, 2.75) is 19.9 Å². The van der Waals surface area contributed by atoms with E-state index in [1.165, 1.54) is 23.3 Å². The number of nitrogens with two attached hydrogens (primary N) is 1. The Morgan fingerprint density at radius 2 is 1.63 bits per heavy atom. The quantitative estimate of drug-likeness (QED) is 0.880. The van der Waals surface area contributed by atoms with E-state index in [1.54, 1.807) is 12.1 Å². The normalized spacial score (nSPS) is 12.2. The van der Waals surface area contributed by atoms with Crippen molar-refractivity contribution < 1.29 is 4.39 Å². The number of hydrogen-bond acceptors (Lipinski definition) is 2. The molecule has 0 aliphatic carbocycles. The van der Waals surface area contributed by atoms with Gasteiger partial charge in [-0.1, -0.05) is 18.2 Å². The van der Waals surface area contributed by atoms with Gasteiger partial charge in [-0.05, 0) is 54.8 Å². The molecule has 1 unspecified atom stereocenters. The second kappa shape index (κ2) is 5.85. The average molecular weight is 258 g/mol. The Balaban J connectivity index is 2.21. The van der Waals surface area contributed by atoms with E-state index >= 15 is 0 Å². The third kappa shape index (κ3) is 3.55. The summed E-state index contributed by atoms with van der Waals surface area (Å²) in [5.41, 5.74) is 10.3. The molecule has 2 aromatic carbocycles. The zero-order valence-corrected chi connectivity index (χ0v) is 11.3. The minimum absolute atomic E-state index is 0.0122. The highest BCUT2D eigenvalue weighted by Crippen LogP contribution is 2.21. The summed E-state index contributed by atoms with van der Waals surface area (Å²) in [5, 5.41) is 3.40. The number of anilines is 1. The molecule has 3 heteroatoms. The monoisotopic (exact) mass is 258 g/mol. The van der Waals surface area contributed by atoms with Gasteiger partial charge in [0.2, 0.25) is 0 Å². The molecule has 0 aliphatic rings. The SMILES string of the molecule is Cc1cc(C)cc(NC(CN)c2ccc(F)cc2)c1. The maximum Gasteiger partial charge on any atom is 0.123 e. The molecule has 2 rings (SSSR count). The van der Waals surface area contributed by atoms with Crippen LogP contribution < -0.4 is 11.1 Å². The molecule has 0 aliphatic heterocycles. The minimum atomic E-state index is -0.231. The molecule has 0 aromatic heterocycles. The molecule has 2 nitrogen and oxygen atoms in total. The maximum atomic E-state index is 12.9. The molecule has 19 heavy (non-hydrogen) atoms. The van der Waals surface area contributed by atoms with Gasteiger partial charge in [-0.25, -0.2) is 4.39 Å². The summed E-state index contributed by atoms with van der Waals surface area (Å²) in [6.07, 6.45) is 0. The number of hydrogen-bond donors (Lipinski definition) is 2. The molecule has 0 saturated carbocycles. The lowest BCUT2D eigenvalue weighted by molar-refractivity contribution is 0.626. The van der Waals surface area contributed by atoms with E-state index in [1.807, 2.05) is 0 Å². The van der Waals surface area contributed by atoms with E-state index < -0.39 is 0 Å². The predicted molar refractivity (Wildman–Crippen MR) is 77.7 cm³/mol. The standard InChI is InChI=1S/C16H19FN2/c1-11-7-12(2)9-15(8-11)19-16(10-18)13-3-5-14(17)6-4-13/h3-9,16,19H,10,18H2,1-2H3. The molecule has 0 radical (unpaired) electrons. The lowest BCUT2D eigenvalue weighted by atomic mass is 10.1. The van der Waals surface area contributed by atoms with Crippen molar-refractivity contribution in [3.8, 4) is 0 Å². The highest BCUT2D eigenvalue weighted by Gasteiger charge is 2.09. The fraction of sp³-hybridized carbons (Fsp3) is 0.250. The zero-order valence-electron chi connectivity index (χ0n) is 11.3. The lowest BCUT2D eigenvalue weighted by Gasteiger charge is -2.19. The van der Waals surface area contributed by atoms with Gasteiger partial charge < -0.3 is 11.1 Å². The lowest BCUT2D eigenvalue weighted by Crippen LogP contribution is -2.20. The zero-order chi connectivity index (χ0) is 13.8. The topological polar surface area (TPSA) is 38.0 Å². The number of rotatable bonds is 4. The molecular weight excluding hydrogens is 239 g/mol. The Morgan fingerprint density at radius 1 is 1.05 bits per heavy atom. The van der Waals surface area contributed by atoms with Gasteiger partial charge >= 0.3 is 0 Å². The van der Waals surface area contributed by atoms with Crippen LogP contribution in [-0.2, 0) is 0 Å². The van der Waals surface area contributed by atoms with Crippen molar-refractivity contribution in [2.24, 2.45) is 5.73 Å². The third-order valence-electron chi connectivity index (χ3n) is 3.07. The van der Waals surface area contributed by atoms with Gasteiger partial charge in [-0.3, -0.25) is 0 Å². The first-order valence-corrected chi connectivity index (χ1v) is 6.39. The van der Waals surface area contributed by atoms with Gasteiger partial charge in [0.25, 0.3) is 0 Å². The molecule has 0 heterocycles. The molecule has 0 fully saturated rings. The molecule has 3 N–H and O–H groups in total. The van der Waals surface area contributed by atoms with E-state index in [0.29, 0.717) is 6.54 Å². The first-order valence-electron chi connectivity index (χ1n) is 6.39. The molecule has 1 atom stereocenters. The van der Waals surface area contributed by atoms with Crippen molar-refractivity contribution in [2.75, 3.05) is 11.9 Å². The van der Waals surface area contributed by atoms with Gasteiger partial charge in [-0.2, -0.15) is 0 Å². The molecule has 2 aromatic rings. The number of nitrogens with one attached hydrogen (secondary N) is 1. The van der Waals surface area contributed by atoms with E-state index in [0.717, 1.165) is 11.3 Å². The number of halogens is 1.